The van der Waals surface area contributed by atoms with E-state index >= 15 is 0 Å². The van der Waals surface area contributed by atoms with Gasteiger partial charge in [0.15, 0.2) is 9.84 Å². The van der Waals surface area contributed by atoms with E-state index in [1.807, 2.05) is 0 Å². The average molecular weight is 333 g/mol. The minimum atomic E-state index is -3.48. The van der Waals surface area contributed by atoms with E-state index in [1.165, 1.54) is 24.3 Å². The van der Waals surface area contributed by atoms with Crippen LogP contribution in [0.1, 0.15) is 19.4 Å². The van der Waals surface area contributed by atoms with Crippen LogP contribution in [-0.4, -0.2) is 19.4 Å². The van der Waals surface area contributed by atoms with Crippen LogP contribution in [0, 0.1) is 5.92 Å². The van der Waals surface area contributed by atoms with E-state index in [4.69, 9.17) is 0 Å². The molecule has 2 rings (SSSR count). The molecule has 0 fully saturated rings. The highest BCUT2D eigenvalue weighted by molar-refractivity contribution is 7.90. The third-order valence-electron chi connectivity index (χ3n) is 3.30. The molecule has 0 atom stereocenters. The molecule has 5 nitrogen and oxygen atoms in total. The van der Waals surface area contributed by atoms with Crippen molar-refractivity contribution in [2.45, 2.75) is 24.5 Å². The number of phenolic OH excluding ortho intramolecular Hbond substituents is 1. The fraction of sp³-hybridized carbons (Fsp3) is 0.235. The second-order valence-corrected chi connectivity index (χ2v) is 7.58. The van der Waals surface area contributed by atoms with Gasteiger partial charge in [-0.25, -0.2) is 8.42 Å². The van der Waals surface area contributed by atoms with Crippen LogP contribution in [-0.2, 0) is 20.4 Å². The van der Waals surface area contributed by atoms with Crippen molar-refractivity contribution in [1.29, 1.82) is 0 Å². The number of amides is 1. The first-order valence-electron chi connectivity index (χ1n) is 7.19. The lowest BCUT2D eigenvalue weighted by atomic mass is 10.2. The smallest absolute Gasteiger partial charge is 0.226 e. The third kappa shape index (κ3) is 4.56. The van der Waals surface area contributed by atoms with Crippen LogP contribution in [0.5, 0.6) is 5.75 Å². The number of phenols is 1. The molecule has 0 aliphatic rings. The van der Waals surface area contributed by atoms with Crippen LogP contribution in [0.4, 0.5) is 5.69 Å². The number of sulfone groups is 1. The van der Waals surface area contributed by atoms with Gasteiger partial charge in [0, 0.05) is 11.6 Å². The number of nitrogens with one attached hydrogen (secondary N) is 1. The average Bonchev–Trinajstić information content (AvgIpc) is 2.49. The first kappa shape index (κ1) is 17.0. The van der Waals surface area contributed by atoms with Crippen LogP contribution in [0.25, 0.3) is 0 Å². The Morgan fingerprint density at radius 2 is 1.61 bits per heavy atom. The molecule has 0 unspecified atom stereocenters. The summed E-state index contributed by atoms with van der Waals surface area (Å²) in [6.07, 6.45) is 0. The van der Waals surface area contributed by atoms with E-state index in [9.17, 15) is 18.3 Å². The highest BCUT2D eigenvalue weighted by atomic mass is 32.2. The quantitative estimate of drug-likeness (QED) is 0.881. The van der Waals surface area contributed by atoms with Crippen molar-refractivity contribution in [3.8, 4) is 5.75 Å². The Hall–Kier alpha value is -2.34. The molecule has 0 aliphatic heterocycles. The van der Waals surface area contributed by atoms with Crippen LogP contribution in [0.2, 0.25) is 0 Å². The van der Waals surface area contributed by atoms with Crippen molar-refractivity contribution in [1.82, 2.24) is 0 Å². The van der Waals surface area contributed by atoms with Gasteiger partial charge in [0.1, 0.15) is 5.75 Å². The van der Waals surface area contributed by atoms with E-state index in [0.29, 0.717) is 11.3 Å². The first-order valence-corrected chi connectivity index (χ1v) is 8.85. The molecule has 2 aromatic carbocycles. The SMILES string of the molecule is CC(C)C(=O)Nc1ccc(CS(=O)(=O)c2ccc(O)cc2)cc1. The summed E-state index contributed by atoms with van der Waals surface area (Å²) in [6, 6.07) is 12.2. The summed E-state index contributed by atoms with van der Waals surface area (Å²) in [4.78, 5) is 11.8. The molecule has 0 saturated heterocycles. The van der Waals surface area contributed by atoms with Crippen LogP contribution in [0.15, 0.2) is 53.4 Å². The predicted octanol–water partition coefficient (Wildman–Crippen LogP) is 2.96. The number of rotatable bonds is 5. The third-order valence-corrected chi connectivity index (χ3v) is 5.00. The Balaban J connectivity index is 2.11. The molecular formula is C17H19NO4S. The molecule has 0 bridgehead atoms. The van der Waals surface area contributed by atoms with E-state index < -0.39 is 9.84 Å². The summed E-state index contributed by atoms with van der Waals surface area (Å²) in [6.45, 7) is 3.60. The molecule has 2 N–H and O–H groups in total. The maximum absolute atomic E-state index is 12.3. The molecule has 0 aromatic heterocycles. The highest BCUT2D eigenvalue weighted by Crippen LogP contribution is 2.20. The molecule has 0 spiro atoms. The van der Waals surface area contributed by atoms with Crippen molar-refractivity contribution in [2.24, 2.45) is 5.92 Å². The summed E-state index contributed by atoms with van der Waals surface area (Å²) in [5, 5.41) is 12.0. The molecule has 0 saturated carbocycles. The Morgan fingerprint density at radius 1 is 1.04 bits per heavy atom. The lowest BCUT2D eigenvalue weighted by Crippen LogP contribution is -2.17. The van der Waals surface area contributed by atoms with Crippen molar-refractivity contribution in [2.75, 3.05) is 5.32 Å². The van der Waals surface area contributed by atoms with Crippen molar-refractivity contribution in [3.63, 3.8) is 0 Å². The molecule has 0 aliphatic carbocycles. The Labute approximate surface area is 135 Å². The van der Waals surface area contributed by atoms with Gasteiger partial charge in [-0.05, 0) is 42.0 Å². The van der Waals surface area contributed by atoms with Gasteiger partial charge in [0.25, 0.3) is 0 Å². The van der Waals surface area contributed by atoms with Gasteiger partial charge in [-0.1, -0.05) is 26.0 Å². The minimum absolute atomic E-state index is 0.0224. The largest absolute Gasteiger partial charge is 0.508 e. The molecule has 2 aromatic rings. The number of aromatic hydroxyl groups is 1. The lowest BCUT2D eigenvalue weighted by Gasteiger charge is -2.09. The van der Waals surface area contributed by atoms with Gasteiger partial charge in [-0.2, -0.15) is 0 Å². The Bertz CT molecular complexity index is 778. The Morgan fingerprint density at radius 3 is 2.13 bits per heavy atom. The molecule has 6 heteroatoms. The summed E-state index contributed by atoms with van der Waals surface area (Å²) in [5.74, 6) is -0.330. The van der Waals surface area contributed by atoms with E-state index in [-0.39, 0.29) is 28.2 Å². The van der Waals surface area contributed by atoms with Crippen molar-refractivity contribution >= 4 is 21.4 Å². The predicted molar refractivity (Wildman–Crippen MR) is 88.9 cm³/mol. The van der Waals surface area contributed by atoms with E-state index in [2.05, 4.69) is 5.32 Å². The second kappa shape index (κ2) is 6.83. The van der Waals surface area contributed by atoms with Gasteiger partial charge in [-0.15, -0.1) is 0 Å². The zero-order valence-corrected chi connectivity index (χ0v) is 13.8. The van der Waals surface area contributed by atoms with Gasteiger partial charge >= 0.3 is 0 Å². The van der Waals surface area contributed by atoms with E-state index in [1.54, 1.807) is 38.1 Å². The van der Waals surface area contributed by atoms with Gasteiger partial charge in [0.05, 0.1) is 10.6 Å². The number of carbonyl (C=O) groups is 1. The number of hydrogen-bond donors (Lipinski definition) is 2. The normalized spacial score (nSPS) is 11.4. The fourth-order valence-corrected chi connectivity index (χ4v) is 3.28. The summed E-state index contributed by atoms with van der Waals surface area (Å²) < 4.78 is 24.6. The number of carbonyl (C=O) groups excluding carboxylic acids is 1. The fourth-order valence-electron chi connectivity index (χ4n) is 1.93. The van der Waals surface area contributed by atoms with Gasteiger partial charge in [-0.3, -0.25) is 4.79 Å². The maximum Gasteiger partial charge on any atom is 0.226 e. The summed E-state index contributed by atoms with van der Waals surface area (Å²) in [7, 11) is -3.48. The second-order valence-electron chi connectivity index (χ2n) is 5.59. The monoisotopic (exact) mass is 333 g/mol. The number of benzene rings is 2. The Kier molecular flexibility index (Phi) is 5.05. The lowest BCUT2D eigenvalue weighted by molar-refractivity contribution is -0.118. The first-order chi connectivity index (χ1) is 10.8. The number of anilines is 1. The van der Waals surface area contributed by atoms with Crippen molar-refractivity contribution in [3.05, 3.63) is 54.1 Å². The zero-order chi connectivity index (χ0) is 17.0. The standard InChI is InChI=1S/C17H19NO4S/c1-12(2)17(20)18-14-5-3-13(4-6-14)11-23(21,22)16-9-7-15(19)8-10-16/h3-10,12,19H,11H2,1-2H3,(H,18,20). The van der Waals surface area contributed by atoms with Crippen LogP contribution < -0.4 is 5.32 Å². The topological polar surface area (TPSA) is 83.5 Å². The van der Waals surface area contributed by atoms with E-state index in [0.717, 1.165) is 0 Å². The minimum Gasteiger partial charge on any atom is -0.508 e. The molecule has 0 heterocycles. The molecule has 1 amide bonds. The van der Waals surface area contributed by atoms with Crippen molar-refractivity contribution < 1.29 is 18.3 Å². The maximum atomic E-state index is 12.3. The summed E-state index contributed by atoms with van der Waals surface area (Å²) in [5.41, 5.74) is 1.26. The van der Waals surface area contributed by atoms with Crippen LogP contribution >= 0.6 is 0 Å². The van der Waals surface area contributed by atoms with Gasteiger partial charge in [0.2, 0.25) is 5.91 Å². The van der Waals surface area contributed by atoms with Gasteiger partial charge < -0.3 is 10.4 Å². The highest BCUT2D eigenvalue weighted by Gasteiger charge is 2.15. The number of hydrogen-bond acceptors (Lipinski definition) is 4. The molecule has 122 valence electrons. The zero-order valence-electron chi connectivity index (χ0n) is 13.0. The molecule has 23 heavy (non-hydrogen) atoms. The summed E-state index contributed by atoms with van der Waals surface area (Å²) >= 11 is 0. The van der Waals surface area contributed by atoms with Crippen LogP contribution in [0.3, 0.4) is 0 Å². The molecular weight excluding hydrogens is 314 g/mol. The molecule has 0 radical (unpaired) electrons.